The summed E-state index contributed by atoms with van der Waals surface area (Å²) < 4.78 is 33.1. The quantitative estimate of drug-likeness (QED) is 0.320. The van der Waals surface area contributed by atoms with Crippen LogP contribution in [-0.4, -0.2) is 59.6 Å². The van der Waals surface area contributed by atoms with Gasteiger partial charge in [-0.1, -0.05) is 6.08 Å². The Morgan fingerprint density at radius 3 is 2.10 bits per heavy atom. The topological polar surface area (TPSA) is 118 Å². The standard InChI is InChI=1S/C8H12O4.C3H7O3S.Li/c1-3-4-7(9)12-5-6(2)8(10)11;1-3(2)7(4,5)6;/h3-4,6H,5H2,1-2H3,(H,10,11);3H,1H2,2H3,(H,4,5,6);. The molecule has 112 valence electrons. The molecule has 0 aliphatic carbocycles. The summed E-state index contributed by atoms with van der Waals surface area (Å²) in [6.45, 7) is 4.54. The van der Waals surface area contributed by atoms with E-state index in [4.69, 9.17) is 9.66 Å². The normalized spacial score (nSPS) is 14.1. The predicted molar refractivity (Wildman–Crippen MR) is 74.1 cm³/mol. The van der Waals surface area contributed by atoms with E-state index in [-0.39, 0.29) is 6.61 Å². The van der Waals surface area contributed by atoms with Crippen molar-refractivity contribution in [2.24, 2.45) is 5.92 Å². The molecule has 0 saturated heterocycles. The molecule has 0 aromatic rings. The summed E-state index contributed by atoms with van der Waals surface area (Å²) in [4.78, 5) is 20.9. The third-order valence-electron chi connectivity index (χ3n) is 2.28. The first-order chi connectivity index (χ1) is 9.06. The van der Waals surface area contributed by atoms with E-state index in [1.165, 1.54) is 26.0 Å². The first-order valence-corrected chi connectivity index (χ1v) is 7.55. The van der Waals surface area contributed by atoms with Gasteiger partial charge in [0, 0.05) is 6.08 Å². The van der Waals surface area contributed by atoms with E-state index >= 15 is 0 Å². The molecule has 2 unspecified atom stereocenters. The first kappa shape index (κ1) is 21.5. The molecule has 0 bridgehead atoms. The van der Waals surface area contributed by atoms with Crippen LogP contribution in [0.15, 0.2) is 12.2 Å². The van der Waals surface area contributed by atoms with Crippen molar-refractivity contribution < 1.29 is 32.4 Å². The second-order valence-electron chi connectivity index (χ2n) is 4.10. The SMILES string of the molecule is CC=CC(=O)OCC(C)C(=O)O.[Li][CH2]C(C)S(=O)(=O)O. The summed E-state index contributed by atoms with van der Waals surface area (Å²) in [5, 5.41) is 8.25. The molecule has 0 fully saturated rings. The van der Waals surface area contributed by atoms with Crippen LogP contribution in [0.5, 0.6) is 0 Å². The summed E-state index contributed by atoms with van der Waals surface area (Å²) in [6.07, 6.45) is 2.78. The molecule has 2 N–H and O–H groups in total. The van der Waals surface area contributed by atoms with Gasteiger partial charge in [-0.3, -0.25) is 4.79 Å². The van der Waals surface area contributed by atoms with Gasteiger partial charge in [0.2, 0.25) is 0 Å². The van der Waals surface area contributed by atoms with E-state index in [1.807, 2.05) is 0 Å². The van der Waals surface area contributed by atoms with E-state index in [1.54, 1.807) is 24.6 Å². The van der Waals surface area contributed by atoms with Gasteiger partial charge in [-0.2, -0.15) is 0 Å². The predicted octanol–water partition coefficient (Wildman–Crippen LogP) is 0.676. The third kappa shape index (κ3) is 12.2. The molecule has 0 spiro atoms. The van der Waals surface area contributed by atoms with Crippen molar-refractivity contribution >= 4 is 39.8 Å². The van der Waals surface area contributed by atoms with Gasteiger partial charge in [0.25, 0.3) is 0 Å². The second kappa shape index (κ2) is 10.9. The Kier molecular flexibility index (Phi) is 11.7. The number of aliphatic carboxylic acids is 1. The van der Waals surface area contributed by atoms with Crippen molar-refractivity contribution in [3.8, 4) is 0 Å². The number of carbonyl (C=O) groups excluding carboxylic acids is 1. The number of ether oxygens (including phenoxy) is 1. The fourth-order valence-corrected chi connectivity index (χ4v) is 1.09. The van der Waals surface area contributed by atoms with E-state index in [9.17, 15) is 18.0 Å². The number of carboxylic acid groups (broad SMARTS) is 1. The van der Waals surface area contributed by atoms with Gasteiger partial charge < -0.3 is 9.84 Å². The number of carboxylic acids is 1. The summed E-state index contributed by atoms with van der Waals surface area (Å²) in [5.41, 5.74) is 0. The van der Waals surface area contributed by atoms with E-state index in [0.29, 0.717) is 5.09 Å². The molecule has 0 heterocycles. The van der Waals surface area contributed by atoms with Gasteiger partial charge in [0.1, 0.15) is 6.61 Å². The molecule has 0 aromatic heterocycles. The van der Waals surface area contributed by atoms with Crippen molar-refractivity contribution in [1.29, 1.82) is 0 Å². The molecule has 20 heavy (non-hydrogen) atoms. The number of esters is 1. The Morgan fingerprint density at radius 2 is 1.85 bits per heavy atom. The van der Waals surface area contributed by atoms with E-state index in [0.717, 1.165) is 0 Å². The number of carbonyl (C=O) groups is 2. The molecular weight excluding hydrogens is 283 g/mol. The minimum absolute atomic E-state index is 0.0848. The van der Waals surface area contributed by atoms with Crippen LogP contribution in [0.4, 0.5) is 0 Å². The Bertz CT molecular complexity index is 430. The monoisotopic (exact) mass is 302 g/mol. The molecule has 0 amide bonds. The number of rotatable bonds is 6. The fraction of sp³-hybridized carbons (Fsp3) is 0.636. The molecule has 0 saturated carbocycles. The molecular formula is C11H19LiO7S. The van der Waals surface area contributed by atoms with Gasteiger partial charge in [-0.05, 0) is 13.8 Å². The number of hydrogen-bond donors (Lipinski definition) is 2. The Balaban J connectivity index is 0. The summed E-state index contributed by atoms with van der Waals surface area (Å²) >= 11 is 1.71. The van der Waals surface area contributed by atoms with Crippen LogP contribution < -0.4 is 0 Å². The zero-order chi connectivity index (χ0) is 16.3. The molecule has 2 atom stereocenters. The molecule has 0 aliphatic heterocycles. The third-order valence-corrected chi connectivity index (χ3v) is 3.63. The van der Waals surface area contributed by atoms with Crippen molar-refractivity contribution in [2.75, 3.05) is 6.61 Å². The van der Waals surface area contributed by atoms with Crippen molar-refractivity contribution in [2.45, 2.75) is 31.1 Å². The van der Waals surface area contributed by atoms with Crippen molar-refractivity contribution in [1.82, 2.24) is 0 Å². The van der Waals surface area contributed by atoms with E-state index < -0.39 is 33.2 Å². The number of hydrogen-bond acceptors (Lipinski definition) is 5. The van der Waals surface area contributed by atoms with Crippen LogP contribution in [0.3, 0.4) is 0 Å². The first-order valence-electron chi connectivity index (χ1n) is 6.04. The molecule has 0 aliphatic rings. The molecule has 0 aromatic carbocycles. The molecule has 7 nitrogen and oxygen atoms in total. The molecule has 0 rings (SSSR count). The average molecular weight is 302 g/mol. The van der Waals surface area contributed by atoms with Gasteiger partial charge in [0.15, 0.2) is 0 Å². The fourth-order valence-electron chi connectivity index (χ4n) is 0.673. The van der Waals surface area contributed by atoms with Gasteiger partial charge in [0.05, 0.1) is 5.92 Å². The van der Waals surface area contributed by atoms with Crippen molar-refractivity contribution in [3.63, 3.8) is 0 Å². The van der Waals surface area contributed by atoms with Gasteiger partial charge in [-0.15, -0.1) is 0 Å². The zero-order valence-electron chi connectivity index (χ0n) is 12.1. The Hall–Kier alpha value is -0.813. The maximum atomic E-state index is 10.7. The van der Waals surface area contributed by atoms with Crippen molar-refractivity contribution in [3.05, 3.63) is 12.2 Å². The summed E-state index contributed by atoms with van der Waals surface area (Å²) in [6, 6.07) is 0. The summed E-state index contributed by atoms with van der Waals surface area (Å²) in [5.74, 6) is -2.13. The molecule has 0 radical (unpaired) electrons. The van der Waals surface area contributed by atoms with Gasteiger partial charge in [-0.25, -0.2) is 4.79 Å². The Morgan fingerprint density at radius 1 is 1.35 bits per heavy atom. The van der Waals surface area contributed by atoms with Crippen LogP contribution in [-0.2, 0) is 24.4 Å². The van der Waals surface area contributed by atoms with Crippen LogP contribution in [0.1, 0.15) is 20.8 Å². The summed E-state index contributed by atoms with van der Waals surface area (Å²) in [7, 11) is -3.75. The van der Waals surface area contributed by atoms with Crippen LogP contribution in [0.2, 0.25) is 5.09 Å². The minimum atomic E-state index is -3.75. The van der Waals surface area contributed by atoms with Crippen LogP contribution in [0.25, 0.3) is 0 Å². The maximum absolute atomic E-state index is 10.7. The van der Waals surface area contributed by atoms with E-state index in [2.05, 4.69) is 4.74 Å². The molecule has 9 heteroatoms. The van der Waals surface area contributed by atoms with Crippen LogP contribution in [0, 0.1) is 5.92 Å². The average Bonchev–Trinajstić information content (AvgIpc) is 2.34. The number of allylic oxidation sites excluding steroid dienone is 1. The second-order valence-corrected chi connectivity index (χ2v) is 5.94. The van der Waals surface area contributed by atoms with Gasteiger partial charge >= 0.3 is 70.0 Å². The van der Waals surface area contributed by atoms with Crippen LogP contribution >= 0.6 is 0 Å². The Labute approximate surface area is 128 Å². The zero-order valence-corrected chi connectivity index (χ0v) is 12.9.